The number of likely N-dealkylation sites (tertiary alicyclic amines) is 1. The third-order valence-corrected chi connectivity index (χ3v) is 5.06. The zero-order chi connectivity index (χ0) is 16.9. The molecule has 0 bridgehead atoms. The molecule has 1 heterocycles. The summed E-state index contributed by atoms with van der Waals surface area (Å²) in [6.45, 7) is 3.33. The Labute approximate surface area is 144 Å². The predicted octanol–water partition coefficient (Wildman–Crippen LogP) is 2.06. The van der Waals surface area contributed by atoms with E-state index in [1.807, 2.05) is 6.07 Å². The monoisotopic (exact) mass is 331 g/mol. The van der Waals surface area contributed by atoms with E-state index in [1.54, 1.807) is 11.9 Å². The number of carbonyl (C=O) groups is 1. The number of hydrogen-bond donors (Lipinski definition) is 2. The first-order valence-electron chi connectivity index (χ1n) is 9.08. The zero-order valence-electron chi connectivity index (χ0n) is 14.5. The highest BCUT2D eigenvalue weighted by molar-refractivity contribution is 5.74. The van der Waals surface area contributed by atoms with E-state index < -0.39 is 0 Å². The van der Waals surface area contributed by atoms with Crippen molar-refractivity contribution in [3.63, 3.8) is 0 Å². The van der Waals surface area contributed by atoms with Gasteiger partial charge in [0.25, 0.3) is 0 Å². The summed E-state index contributed by atoms with van der Waals surface area (Å²) in [5.41, 5.74) is 1.31. The molecular weight excluding hydrogens is 302 g/mol. The largest absolute Gasteiger partial charge is 0.391 e. The van der Waals surface area contributed by atoms with Crippen molar-refractivity contribution >= 4 is 6.03 Å². The second kappa shape index (κ2) is 7.99. The lowest BCUT2D eigenvalue weighted by molar-refractivity contribution is 0.110. The van der Waals surface area contributed by atoms with Gasteiger partial charge in [-0.15, -0.1) is 0 Å². The summed E-state index contributed by atoms with van der Waals surface area (Å²) in [5, 5.41) is 13.1. The molecule has 2 N–H and O–H groups in total. The minimum absolute atomic E-state index is 0.0683. The smallest absolute Gasteiger partial charge is 0.317 e. The van der Waals surface area contributed by atoms with E-state index in [0.717, 1.165) is 45.3 Å². The van der Waals surface area contributed by atoms with Gasteiger partial charge in [-0.1, -0.05) is 30.3 Å². The Hall–Kier alpha value is -1.59. The molecule has 5 nitrogen and oxygen atoms in total. The highest BCUT2D eigenvalue weighted by Crippen LogP contribution is 2.32. The SMILES string of the molecule is CN(CC(O)C1CC1)C(=O)NC1CCCN(Cc2ccccc2)C1. The molecule has 0 aromatic heterocycles. The van der Waals surface area contributed by atoms with Gasteiger partial charge in [0.2, 0.25) is 0 Å². The first kappa shape index (κ1) is 17.2. The van der Waals surface area contributed by atoms with Crippen LogP contribution in [0.4, 0.5) is 4.79 Å². The quantitative estimate of drug-likeness (QED) is 0.839. The first-order chi connectivity index (χ1) is 11.6. The summed E-state index contributed by atoms with van der Waals surface area (Å²) in [4.78, 5) is 16.4. The number of aliphatic hydroxyl groups excluding tert-OH is 1. The molecule has 2 atom stereocenters. The van der Waals surface area contributed by atoms with Gasteiger partial charge < -0.3 is 15.3 Å². The highest BCUT2D eigenvalue weighted by Gasteiger charge is 2.31. The number of amides is 2. The molecule has 0 spiro atoms. The van der Waals surface area contributed by atoms with Gasteiger partial charge >= 0.3 is 6.03 Å². The number of nitrogens with zero attached hydrogens (tertiary/aromatic N) is 2. The van der Waals surface area contributed by atoms with Crippen LogP contribution in [-0.4, -0.2) is 59.8 Å². The summed E-state index contributed by atoms with van der Waals surface area (Å²) >= 11 is 0. The van der Waals surface area contributed by atoms with Crippen molar-refractivity contribution in [2.75, 3.05) is 26.7 Å². The fourth-order valence-electron chi connectivity index (χ4n) is 3.44. The molecule has 5 heteroatoms. The van der Waals surface area contributed by atoms with Crippen molar-refractivity contribution in [1.82, 2.24) is 15.1 Å². The number of urea groups is 1. The van der Waals surface area contributed by atoms with Crippen molar-refractivity contribution in [3.05, 3.63) is 35.9 Å². The van der Waals surface area contributed by atoms with Crippen LogP contribution in [0, 0.1) is 5.92 Å². The van der Waals surface area contributed by atoms with Crippen LogP contribution in [0.2, 0.25) is 0 Å². The summed E-state index contributed by atoms with van der Waals surface area (Å²) in [5.74, 6) is 0.399. The second-order valence-electron chi connectivity index (χ2n) is 7.29. The van der Waals surface area contributed by atoms with E-state index in [1.165, 1.54) is 5.56 Å². The second-order valence-corrected chi connectivity index (χ2v) is 7.29. The van der Waals surface area contributed by atoms with Crippen LogP contribution in [0.1, 0.15) is 31.2 Å². The van der Waals surface area contributed by atoms with Crippen molar-refractivity contribution in [1.29, 1.82) is 0 Å². The van der Waals surface area contributed by atoms with E-state index in [-0.39, 0.29) is 18.2 Å². The molecule has 1 aliphatic heterocycles. The molecule has 2 unspecified atom stereocenters. The molecule has 1 aromatic rings. The molecule has 0 radical (unpaired) electrons. The van der Waals surface area contributed by atoms with Gasteiger partial charge in [0.1, 0.15) is 0 Å². The molecule has 24 heavy (non-hydrogen) atoms. The number of rotatable bonds is 6. The summed E-state index contributed by atoms with van der Waals surface area (Å²) in [7, 11) is 1.77. The van der Waals surface area contributed by atoms with E-state index in [4.69, 9.17) is 0 Å². The summed E-state index contributed by atoms with van der Waals surface area (Å²) in [6, 6.07) is 10.6. The molecule has 2 amide bonds. The summed E-state index contributed by atoms with van der Waals surface area (Å²) < 4.78 is 0. The maximum atomic E-state index is 12.3. The molecular formula is C19H29N3O2. The number of benzene rings is 1. The minimum Gasteiger partial charge on any atom is -0.391 e. The van der Waals surface area contributed by atoms with Gasteiger partial charge in [-0.05, 0) is 43.7 Å². The number of likely N-dealkylation sites (N-methyl/N-ethyl adjacent to an activating group) is 1. The van der Waals surface area contributed by atoms with Crippen molar-refractivity contribution < 1.29 is 9.90 Å². The topological polar surface area (TPSA) is 55.8 Å². The average molecular weight is 331 g/mol. The van der Waals surface area contributed by atoms with E-state index in [0.29, 0.717) is 12.5 Å². The fourth-order valence-corrected chi connectivity index (χ4v) is 3.44. The molecule has 2 fully saturated rings. The number of aliphatic hydroxyl groups is 1. The normalized spacial score (nSPS) is 22.8. The molecule has 132 valence electrons. The lowest BCUT2D eigenvalue weighted by Gasteiger charge is -2.34. The number of piperidine rings is 1. The molecule has 3 rings (SSSR count). The number of carbonyl (C=O) groups excluding carboxylic acids is 1. The van der Waals surface area contributed by atoms with Gasteiger partial charge in [0.05, 0.1) is 6.10 Å². The van der Waals surface area contributed by atoms with Crippen molar-refractivity contribution in [2.24, 2.45) is 5.92 Å². The van der Waals surface area contributed by atoms with Crippen LogP contribution in [0.5, 0.6) is 0 Å². The molecule has 1 saturated carbocycles. The molecule has 1 saturated heterocycles. The van der Waals surface area contributed by atoms with Gasteiger partial charge in [0, 0.05) is 32.7 Å². The van der Waals surface area contributed by atoms with Crippen LogP contribution >= 0.6 is 0 Å². The Bertz CT molecular complexity index is 533. The fraction of sp³-hybridized carbons (Fsp3) is 0.632. The maximum Gasteiger partial charge on any atom is 0.317 e. The third-order valence-electron chi connectivity index (χ3n) is 5.06. The van der Waals surface area contributed by atoms with Crippen molar-refractivity contribution in [3.8, 4) is 0 Å². The van der Waals surface area contributed by atoms with Crippen LogP contribution in [0.15, 0.2) is 30.3 Å². The Kier molecular flexibility index (Phi) is 5.74. The lowest BCUT2D eigenvalue weighted by atomic mass is 10.0. The number of nitrogens with one attached hydrogen (secondary N) is 1. The maximum absolute atomic E-state index is 12.3. The molecule has 2 aliphatic rings. The van der Waals surface area contributed by atoms with E-state index >= 15 is 0 Å². The van der Waals surface area contributed by atoms with Crippen molar-refractivity contribution in [2.45, 2.75) is 44.4 Å². The molecule has 1 aromatic carbocycles. The standard InChI is InChI=1S/C19H29N3O2/c1-21(14-18(23)16-9-10-16)19(24)20-17-8-5-11-22(13-17)12-15-6-3-2-4-7-15/h2-4,6-7,16-18,23H,5,8-14H2,1H3,(H,20,24). The Balaban J connectivity index is 1.44. The van der Waals surface area contributed by atoms with Crippen LogP contribution in [0.3, 0.4) is 0 Å². The van der Waals surface area contributed by atoms with Crippen LogP contribution < -0.4 is 5.32 Å². The molecule has 1 aliphatic carbocycles. The van der Waals surface area contributed by atoms with E-state index in [9.17, 15) is 9.90 Å². The third kappa shape index (κ3) is 4.95. The van der Waals surface area contributed by atoms with Crippen LogP contribution in [-0.2, 0) is 6.54 Å². The Morgan fingerprint density at radius 2 is 2.08 bits per heavy atom. The van der Waals surface area contributed by atoms with Crippen LogP contribution in [0.25, 0.3) is 0 Å². The van der Waals surface area contributed by atoms with Gasteiger partial charge in [-0.3, -0.25) is 4.90 Å². The summed E-state index contributed by atoms with van der Waals surface area (Å²) in [6.07, 6.45) is 3.94. The van der Waals surface area contributed by atoms with Gasteiger partial charge in [-0.25, -0.2) is 4.79 Å². The van der Waals surface area contributed by atoms with Gasteiger partial charge in [-0.2, -0.15) is 0 Å². The highest BCUT2D eigenvalue weighted by atomic mass is 16.3. The van der Waals surface area contributed by atoms with E-state index in [2.05, 4.69) is 34.5 Å². The zero-order valence-corrected chi connectivity index (χ0v) is 14.5. The Morgan fingerprint density at radius 1 is 1.33 bits per heavy atom. The lowest BCUT2D eigenvalue weighted by Crippen LogP contribution is -2.51. The predicted molar refractivity (Wildman–Crippen MR) is 94.6 cm³/mol. The average Bonchev–Trinajstić information content (AvgIpc) is 3.41. The number of hydrogen-bond acceptors (Lipinski definition) is 3. The minimum atomic E-state index is -0.373. The van der Waals surface area contributed by atoms with Gasteiger partial charge in [0.15, 0.2) is 0 Å². The Morgan fingerprint density at radius 3 is 2.79 bits per heavy atom. The first-order valence-corrected chi connectivity index (χ1v) is 9.08.